The Hall–Kier alpha value is -1.85. The Labute approximate surface area is 130 Å². The summed E-state index contributed by atoms with van der Waals surface area (Å²) in [5.41, 5.74) is 2.46. The summed E-state index contributed by atoms with van der Waals surface area (Å²) >= 11 is 7.55. The van der Waals surface area contributed by atoms with Gasteiger partial charge in [-0.15, -0.1) is 11.3 Å². The SMILES string of the molecule is Cc1cc(OCc2cc(=O)n3ccsc3n2)cc(C)c1Cl. The summed E-state index contributed by atoms with van der Waals surface area (Å²) in [5, 5.41) is 2.58. The van der Waals surface area contributed by atoms with Gasteiger partial charge in [-0.25, -0.2) is 4.98 Å². The fourth-order valence-electron chi connectivity index (χ4n) is 2.11. The predicted molar refractivity (Wildman–Crippen MR) is 84.6 cm³/mol. The van der Waals surface area contributed by atoms with E-state index in [4.69, 9.17) is 16.3 Å². The Balaban J connectivity index is 1.85. The first-order valence-corrected chi connectivity index (χ1v) is 7.65. The molecule has 0 atom stereocenters. The lowest BCUT2D eigenvalue weighted by Gasteiger charge is -2.09. The summed E-state index contributed by atoms with van der Waals surface area (Å²) in [4.78, 5) is 17.0. The van der Waals surface area contributed by atoms with Crippen LogP contribution >= 0.6 is 22.9 Å². The quantitative estimate of drug-likeness (QED) is 0.740. The Kier molecular flexibility index (Phi) is 3.69. The van der Waals surface area contributed by atoms with Crippen molar-refractivity contribution >= 4 is 27.9 Å². The van der Waals surface area contributed by atoms with Gasteiger partial charge in [0.25, 0.3) is 5.56 Å². The van der Waals surface area contributed by atoms with Gasteiger partial charge in [0.1, 0.15) is 12.4 Å². The number of rotatable bonds is 3. The molecule has 0 unspecified atom stereocenters. The number of thiazole rings is 1. The molecule has 108 valence electrons. The average molecular weight is 321 g/mol. The molecule has 0 spiro atoms. The largest absolute Gasteiger partial charge is 0.487 e. The number of fused-ring (bicyclic) bond motifs is 1. The van der Waals surface area contributed by atoms with Crippen molar-refractivity contribution in [1.82, 2.24) is 9.38 Å². The molecule has 0 radical (unpaired) electrons. The number of hydrogen-bond donors (Lipinski definition) is 0. The molecule has 3 rings (SSSR count). The normalized spacial score (nSPS) is 11.0. The zero-order chi connectivity index (χ0) is 15.0. The van der Waals surface area contributed by atoms with Gasteiger partial charge < -0.3 is 4.74 Å². The molecule has 0 fully saturated rings. The molecule has 0 N–H and O–H groups in total. The first kappa shape index (κ1) is 14.1. The van der Waals surface area contributed by atoms with Crippen molar-refractivity contribution < 1.29 is 4.74 Å². The van der Waals surface area contributed by atoms with Crippen LogP contribution < -0.4 is 10.3 Å². The van der Waals surface area contributed by atoms with Crippen LogP contribution in [0.4, 0.5) is 0 Å². The first-order valence-electron chi connectivity index (χ1n) is 6.40. The van der Waals surface area contributed by atoms with Gasteiger partial charge in [0.15, 0.2) is 4.96 Å². The smallest absolute Gasteiger partial charge is 0.258 e. The van der Waals surface area contributed by atoms with Gasteiger partial charge in [0.05, 0.1) is 5.69 Å². The second kappa shape index (κ2) is 5.50. The third kappa shape index (κ3) is 2.80. The monoisotopic (exact) mass is 320 g/mol. The van der Waals surface area contributed by atoms with Crippen molar-refractivity contribution in [2.24, 2.45) is 0 Å². The van der Waals surface area contributed by atoms with Crippen molar-refractivity contribution in [3.63, 3.8) is 0 Å². The predicted octanol–water partition coefficient (Wildman–Crippen LogP) is 3.61. The van der Waals surface area contributed by atoms with E-state index < -0.39 is 0 Å². The van der Waals surface area contributed by atoms with Crippen molar-refractivity contribution in [2.45, 2.75) is 20.5 Å². The molecule has 2 aromatic heterocycles. The van der Waals surface area contributed by atoms with Crippen LogP contribution in [-0.2, 0) is 6.61 Å². The lowest BCUT2D eigenvalue weighted by atomic mass is 10.1. The zero-order valence-corrected chi connectivity index (χ0v) is 13.2. The van der Waals surface area contributed by atoms with Crippen molar-refractivity contribution in [1.29, 1.82) is 0 Å². The van der Waals surface area contributed by atoms with Crippen LogP contribution in [-0.4, -0.2) is 9.38 Å². The van der Waals surface area contributed by atoms with Crippen LogP contribution in [0, 0.1) is 13.8 Å². The molecule has 4 nitrogen and oxygen atoms in total. The highest BCUT2D eigenvalue weighted by molar-refractivity contribution is 7.15. The van der Waals surface area contributed by atoms with Crippen LogP contribution in [0.3, 0.4) is 0 Å². The lowest BCUT2D eigenvalue weighted by molar-refractivity contribution is 0.301. The van der Waals surface area contributed by atoms with Gasteiger partial charge in [0.2, 0.25) is 0 Å². The third-order valence-electron chi connectivity index (χ3n) is 3.15. The molecule has 3 aromatic rings. The Morgan fingerprint density at radius 1 is 1.29 bits per heavy atom. The second-order valence-electron chi connectivity index (χ2n) is 4.80. The fraction of sp³-hybridized carbons (Fsp3) is 0.200. The summed E-state index contributed by atoms with van der Waals surface area (Å²) in [6.07, 6.45) is 1.71. The van der Waals surface area contributed by atoms with Gasteiger partial charge in [-0.05, 0) is 37.1 Å². The maximum atomic E-state index is 11.9. The Morgan fingerprint density at radius 2 is 2.00 bits per heavy atom. The minimum Gasteiger partial charge on any atom is -0.487 e. The van der Waals surface area contributed by atoms with E-state index in [1.165, 1.54) is 21.8 Å². The number of ether oxygens (including phenoxy) is 1. The maximum absolute atomic E-state index is 11.9. The number of halogens is 1. The van der Waals surface area contributed by atoms with Gasteiger partial charge in [-0.3, -0.25) is 9.20 Å². The number of aryl methyl sites for hydroxylation is 2. The summed E-state index contributed by atoms with van der Waals surface area (Å²) in [6.45, 7) is 4.12. The zero-order valence-electron chi connectivity index (χ0n) is 11.6. The van der Waals surface area contributed by atoms with Crippen molar-refractivity contribution in [2.75, 3.05) is 0 Å². The number of benzene rings is 1. The van der Waals surface area contributed by atoms with Crippen LogP contribution in [0.2, 0.25) is 5.02 Å². The minimum atomic E-state index is -0.0942. The van der Waals surface area contributed by atoms with E-state index >= 15 is 0 Å². The average Bonchev–Trinajstić information content (AvgIpc) is 2.91. The van der Waals surface area contributed by atoms with E-state index in [1.807, 2.05) is 31.4 Å². The summed E-state index contributed by atoms with van der Waals surface area (Å²) in [7, 11) is 0. The number of aromatic nitrogens is 2. The van der Waals surface area contributed by atoms with Gasteiger partial charge in [-0.1, -0.05) is 11.6 Å². The van der Waals surface area contributed by atoms with Crippen molar-refractivity contribution in [3.8, 4) is 5.75 Å². The van der Waals surface area contributed by atoms with Gasteiger partial charge in [-0.2, -0.15) is 0 Å². The van der Waals surface area contributed by atoms with E-state index in [0.717, 1.165) is 21.9 Å². The molecule has 0 saturated carbocycles. The van der Waals surface area contributed by atoms with Gasteiger partial charge in [0, 0.05) is 22.7 Å². The minimum absolute atomic E-state index is 0.0942. The third-order valence-corrected chi connectivity index (χ3v) is 4.51. The molecule has 0 amide bonds. The van der Waals surface area contributed by atoms with Crippen LogP contribution in [0.5, 0.6) is 5.75 Å². The number of hydrogen-bond acceptors (Lipinski definition) is 4. The standard InChI is InChI=1S/C15H13ClN2O2S/c1-9-5-12(6-10(2)14(9)16)20-8-11-7-13(19)18-3-4-21-15(18)17-11/h3-7H,8H2,1-2H3. The van der Waals surface area contributed by atoms with Gasteiger partial charge >= 0.3 is 0 Å². The molecule has 0 aliphatic carbocycles. The fourth-order valence-corrected chi connectivity index (χ4v) is 2.96. The highest BCUT2D eigenvalue weighted by Gasteiger charge is 2.06. The maximum Gasteiger partial charge on any atom is 0.258 e. The molecule has 21 heavy (non-hydrogen) atoms. The summed E-state index contributed by atoms with van der Waals surface area (Å²) in [5.74, 6) is 0.725. The van der Waals surface area contributed by atoms with E-state index in [2.05, 4.69) is 4.98 Å². The molecule has 0 aliphatic heterocycles. The summed E-state index contributed by atoms with van der Waals surface area (Å²) < 4.78 is 7.24. The molecule has 0 bridgehead atoms. The van der Waals surface area contributed by atoms with Crippen LogP contribution in [0.25, 0.3) is 4.96 Å². The lowest BCUT2D eigenvalue weighted by Crippen LogP contribution is -2.14. The molecular weight excluding hydrogens is 308 g/mol. The van der Waals surface area contributed by atoms with E-state index in [-0.39, 0.29) is 12.2 Å². The van der Waals surface area contributed by atoms with Crippen molar-refractivity contribution in [3.05, 3.63) is 62.0 Å². The molecule has 6 heteroatoms. The second-order valence-corrected chi connectivity index (χ2v) is 6.05. The highest BCUT2D eigenvalue weighted by Crippen LogP contribution is 2.26. The Morgan fingerprint density at radius 3 is 2.71 bits per heavy atom. The molecule has 1 aromatic carbocycles. The van der Waals surface area contributed by atoms with E-state index in [1.54, 1.807) is 6.20 Å². The summed E-state index contributed by atoms with van der Waals surface area (Å²) in [6, 6.07) is 5.26. The topological polar surface area (TPSA) is 43.6 Å². The molecule has 0 aliphatic rings. The number of nitrogens with zero attached hydrogens (tertiary/aromatic N) is 2. The van der Waals surface area contributed by atoms with Crippen LogP contribution in [0.15, 0.2) is 34.6 Å². The van der Waals surface area contributed by atoms with E-state index in [0.29, 0.717) is 10.7 Å². The Bertz CT molecular complexity index is 846. The molecule has 0 saturated heterocycles. The molecular formula is C15H13ClN2O2S. The van der Waals surface area contributed by atoms with Crippen LogP contribution in [0.1, 0.15) is 16.8 Å². The first-order chi connectivity index (χ1) is 10.0. The van der Waals surface area contributed by atoms with E-state index in [9.17, 15) is 4.79 Å². The molecule has 2 heterocycles. The highest BCUT2D eigenvalue weighted by atomic mass is 35.5.